The molecule has 0 amide bonds. The first-order chi connectivity index (χ1) is 13.0. The Morgan fingerprint density at radius 2 is 2.00 bits per heavy atom. The van der Waals surface area contributed by atoms with Crippen LogP contribution in [0.1, 0.15) is 24.0 Å². The first-order valence-electron chi connectivity index (χ1n) is 8.75. The fourth-order valence-corrected chi connectivity index (χ4v) is 4.08. The van der Waals surface area contributed by atoms with E-state index in [1.165, 1.54) is 16.8 Å². The summed E-state index contributed by atoms with van der Waals surface area (Å²) in [4.78, 5) is 8.05. The third kappa shape index (κ3) is 5.27. The summed E-state index contributed by atoms with van der Waals surface area (Å²) in [5.41, 5.74) is 1.98. The van der Waals surface area contributed by atoms with Gasteiger partial charge in [0.15, 0.2) is 0 Å². The molecule has 1 saturated heterocycles. The van der Waals surface area contributed by atoms with Crippen LogP contribution in [-0.4, -0.2) is 49.0 Å². The van der Waals surface area contributed by atoms with Crippen molar-refractivity contribution >= 4 is 16.1 Å². The van der Waals surface area contributed by atoms with E-state index in [0.717, 1.165) is 24.0 Å². The number of hydrogen-bond donors (Lipinski definition) is 0. The lowest BCUT2D eigenvalue weighted by molar-refractivity contribution is 0.124. The molecular formula is C19H23N3O4S. The molecule has 0 N–H and O–H groups in total. The average molecular weight is 389 g/mol. The Kier molecular flexibility index (Phi) is 6.08. The summed E-state index contributed by atoms with van der Waals surface area (Å²) < 4.78 is 37.6. The fourth-order valence-electron chi connectivity index (χ4n) is 2.82. The van der Waals surface area contributed by atoms with Crippen molar-refractivity contribution in [2.24, 2.45) is 0 Å². The van der Waals surface area contributed by atoms with Gasteiger partial charge in [-0.05, 0) is 31.4 Å². The van der Waals surface area contributed by atoms with Crippen LogP contribution in [0, 0.1) is 6.92 Å². The minimum Gasteiger partial charge on any atom is -0.473 e. The number of hydrogen-bond acceptors (Lipinski definition) is 6. The molecule has 1 aromatic heterocycles. The molecule has 1 aliphatic rings. The smallest absolute Gasteiger partial charge is 0.319 e. The van der Waals surface area contributed by atoms with E-state index in [2.05, 4.69) is 9.97 Å². The van der Waals surface area contributed by atoms with E-state index < -0.39 is 10.0 Å². The van der Waals surface area contributed by atoms with Gasteiger partial charge < -0.3 is 9.47 Å². The number of piperidine rings is 1. The zero-order valence-corrected chi connectivity index (χ0v) is 16.2. The Hall–Kier alpha value is -2.45. The van der Waals surface area contributed by atoms with Gasteiger partial charge in [-0.2, -0.15) is 9.29 Å². The van der Waals surface area contributed by atoms with E-state index in [0.29, 0.717) is 12.4 Å². The molecule has 7 nitrogen and oxygen atoms in total. The second-order valence-electron chi connectivity index (χ2n) is 6.38. The molecule has 0 radical (unpaired) electrons. The number of aryl methyl sites for hydroxylation is 1. The van der Waals surface area contributed by atoms with Gasteiger partial charge in [0.2, 0.25) is 15.9 Å². The highest BCUT2D eigenvalue weighted by molar-refractivity contribution is 7.92. The highest BCUT2D eigenvalue weighted by atomic mass is 32.2. The van der Waals surface area contributed by atoms with Crippen LogP contribution in [0.2, 0.25) is 0 Å². The molecule has 1 aromatic carbocycles. The molecule has 1 atom stereocenters. The van der Waals surface area contributed by atoms with E-state index in [9.17, 15) is 8.42 Å². The van der Waals surface area contributed by atoms with Crippen molar-refractivity contribution in [3.8, 4) is 11.9 Å². The third-order valence-electron chi connectivity index (χ3n) is 4.29. The first kappa shape index (κ1) is 19.3. The topological polar surface area (TPSA) is 81.6 Å². The lowest BCUT2D eigenvalue weighted by atomic mass is 10.1. The molecule has 0 saturated carbocycles. The van der Waals surface area contributed by atoms with E-state index in [4.69, 9.17) is 9.47 Å². The maximum atomic E-state index is 12.7. The monoisotopic (exact) mass is 389 g/mol. The van der Waals surface area contributed by atoms with Crippen LogP contribution in [0.4, 0.5) is 0 Å². The second-order valence-corrected chi connectivity index (χ2v) is 8.20. The van der Waals surface area contributed by atoms with Gasteiger partial charge in [0.05, 0.1) is 13.7 Å². The van der Waals surface area contributed by atoms with E-state index in [1.54, 1.807) is 18.3 Å². The van der Waals surface area contributed by atoms with E-state index >= 15 is 0 Å². The van der Waals surface area contributed by atoms with E-state index in [-0.39, 0.29) is 18.7 Å². The summed E-state index contributed by atoms with van der Waals surface area (Å²) in [7, 11) is -2.03. The zero-order valence-electron chi connectivity index (χ0n) is 15.4. The van der Waals surface area contributed by atoms with Crippen LogP contribution in [0.25, 0.3) is 6.08 Å². The summed E-state index contributed by atoms with van der Waals surface area (Å²) in [5, 5.41) is 1.26. The highest BCUT2D eigenvalue weighted by Gasteiger charge is 2.28. The minimum absolute atomic E-state index is 0.216. The number of ether oxygens (including phenoxy) is 2. The third-order valence-corrected chi connectivity index (χ3v) is 5.82. The molecule has 2 aromatic rings. The summed E-state index contributed by atoms with van der Waals surface area (Å²) in [5.74, 6) is 0.376. The van der Waals surface area contributed by atoms with Gasteiger partial charge in [0.25, 0.3) is 0 Å². The van der Waals surface area contributed by atoms with Crippen molar-refractivity contribution in [2.45, 2.75) is 25.9 Å². The molecule has 144 valence electrons. The number of nitrogens with zero attached hydrogens (tertiary/aromatic N) is 3. The van der Waals surface area contributed by atoms with Crippen LogP contribution >= 0.6 is 0 Å². The molecule has 2 heterocycles. The standard InChI is InChI=1S/C19H23N3O4S/c1-15-5-7-16(8-6-15)10-13-27(23,24)22-12-3-4-17(14-22)26-18-9-11-20-19(21-18)25-2/h5-11,13,17H,3-4,12,14H2,1-2H3/b13-10+. The molecule has 27 heavy (non-hydrogen) atoms. The summed E-state index contributed by atoms with van der Waals surface area (Å²) in [6, 6.07) is 9.54. The van der Waals surface area contributed by atoms with Crippen molar-refractivity contribution in [1.82, 2.24) is 14.3 Å². The van der Waals surface area contributed by atoms with Crippen LogP contribution in [0.3, 0.4) is 0 Å². The Bertz CT molecular complexity index is 897. The lowest BCUT2D eigenvalue weighted by Crippen LogP contribution is -2.43. The first-order valence-corrected chi connectivity index (χ1v) is 10.3. The van der Waals surface area contributed by atoms with Crippen molar-refractivity contribution in [3.05, 3.63) is 53.1 Å². The van der Waals surface area contributed by atoms with Gasteiger partial charge in [0.1, 0.15) is 6.10 Å². The molecule has 0 spiro atoms. The SMILES string of the molecule is COc1nccc(OC2CCCN(S(=O)(=O)/C=C/c3ccc(C)cc3)C2)n1. The van der Waals surface area contributed by atoms with Gasteiger partial charge >= 0.3 is 6.01 Å². The maximum absolute atomic E-state index is 12.7. The summed E-state index contributed by atoms with van der Waals surface area (Å²) in [6.07, 6.45) is 4.39. The van der Waals surface area contributed by atoms with Gasteiger partial charge in [-0.3, -0.25) is 0 Å². The molecule has 1 aliphatic heterocycles. The number of rotatable bonds is 6. The predicted octanol–water partition coefficient (Wildman–Crippen LogP) is 2.64. The Morgan fingerprint density at radius 1 is 1.22 bits per heavy atom. The summed E-state index contributed by atoms with van der Waals surface area (Å²) in [6.45, 7) is 2.76. The highest BCUT2D eigenvalue weighted by Crippen LogP contribution is 2.21. The molecule has 0 bridgehead atoms. The minimum atomic E-state index is -3.51. The lowest BCUT2D eigenvalue weighted by Gasteiger charge is -2.30. The Morgan fingerprint density at radius 3 is 2.74 bits per heavy atom. The normalized spacial score (nSPS) is 18.5. The van der Waals surface area contributed by atoms with Gasteiger partial charge in [-0.1, -0.05) is 29.8 Å². The van der Waals surface area contributed by atoms with Crippen molar-refractivity contribution < 1.29 is 17.9 Å². The zero-order chi connectivity index (χ0) is 19.3. The van der Waals surface area contributed by atoms with E-state index in [1.807, 2.05) is 31.2 Å². The van der Waals surface area contributed by atoms with Crippen molar-refractivity contribution in [3.63, 3.8) is 0 Å². The van der Waals surface area contributed by atoms with Crippen molar-refractivity contribution in [1.29, 1.82) is 0 Å². The number of methoxy groups -OCH3 is 1. The largest absolute Gasteiger partial charge is 0.473 e. The van der Waals surface area contributed by atoms with Crippen LogP contribution in [0.15, 0.2) is 41.9 Å². The number of aromatic nitrogens is 2. The quantitative estimate of drug-likeness (QED) is 0.755. The molecular weight excluding hydrogens is 366 g/mol. The fraction of sp³-hybridized carbons (Fsp3) is 0.368. The molecule has 1 unspecified atom stereocenters. The average Bonchev–Trinajstić information content (AvgIpc) is 2.68. The van der Waals surface area contributed by atoms with Gasteiger partial charge in [-0.15, -0.1) is 0 Å². The van der Waals surface area contributed by atoms with Gasteiger partial charge in [0, 0.05) is 24.2 Å². The van der Waals surface area contributed by atoms with Crippen LogP contribution in [0.5, 0.6) is 11.9 Å². The predicted molar refractivity (Wildman–Crippen MR) is 103 cm³/mol. The number of sulfonamides is 1. The Labute approximate surface area is 159 Å². The molecule has 3 rings (SSSR count). The van der Waals surface area contributed by atoms with Crippen molar-refractivity contribution in [2.75, 3.05) is 20.2 Å². The Balaban J connectivity index is 1.66. The van der Waals surface area contributed by atoms with Crippen LogP contribution < -0.4 is 9.47 Å². The van der Waals surface area contributed by atoms with Crippen LogP contribution in [-0.2, 0) is 10.0 Å². The molecule has 8 heteroatoms. The number of benzene rings is 1. The second kappa shape index (κ2) is 8.49. The van der Waals surface area contributed by atoms with Gasteiger partial charge in [-0.25, -0.2) is 13.4 Å². The maximum Gasteiger partial charge on any atom is 0.319 e. The molecule has 0 aliphatic carbocycles. The molecule has 1 fully saturated rings. The summed E-state index contributed by atoms with van der Waals surface area (Å²) >= 11 is 0.